The summed E-state index contributed by atoms with van der Waals surface area (Å²) < 4.78 is 5.30. The molecule has 8 nitrogen and oxygen atoms in total. The van der Waals surface area contributed by atoms with Crippen LogP contribution in [0.4, 0.5) is 0 Å². The molecule has 0 bridgehead atoms. The highest BCUT2D eigenvalue weighted by Crippen LogP contribution is 2.22. The number of ether oxygens (including phenoxy) is 1. The predicted molar refractivity (Wildman–Crippen MR) is 139 cm³/mol. The molecule has 2 aliphatic rings. The maximum Gasteiger partial charge on any atom is 0.249 e. The Morgan fingerprint density at radius 1 is 1.06 bits per heavy atom. The summed E-state index contributed by atoms with van der Waals surface area (Å²) in [5.41, 5.74) is 0.639. The zero-order chi connectivity index (χ0) is 26.3. The number of rotatable bonds is 10. The van der Waals surface area contributed by atoms with Crippen molar-refractivity contribution >= 4 is 17.7 Å². The van der Waals surface area contributed by atoms with Crippen LogP contribution in [0.5, 0.6) is 0 Å². The fourth-order valence-electron chi connectivity index (χ4n) is 5.31. The molecule has 0 spiro atoms. The molecule has 2 aliphatic heterocycles. The molecule has 35 heavy (non-hydrogen) atoms. The van der Waals surface area contributed by atoms with Crippen molar-refractivity contribution in [3.8, 4) is 0 Å². The van der Waals surface area contributed by atoms with E-state index < -0.39 is 6.04 Å². The smallest absolute Gasteiger partial charge is 0.249 e. The molecule has 3 amide bonds. The number of likely N-dealkylation sites (N-methyl/N-ethyl adjacent to an activating group) is 2. The highest BCUT2D eigenvalue weighted by atomic mass is 16.5. The molecule has 0 aromatic carbocycles. The van der Waals surface area contributed by atoms with E-state index in [1.165, 1.54) is 0 Å². The first-order valence-electron chi connectivity index (χ1n) is 13.2. The summed E-state index contributed by atoms with van der Waals surface area (Å²) in [4.78, 5) is 45.6. The van der Waals surface area contributed by atoms with Gasteiger partial charge in [-0.2, -0.15) is 0 Å². The Hall–Kier alpha value is -1.93. The van der Waals surface area contributed by atoms with Crippen LogP contribution in [-0.2, 0) is 19.1 Å². The molecule has 2 heterocycles. The maximum absolute atomic E-state index is 13.6. The SMILES string of the molecule is COCC1CCCN1C(=O)/C(C)=C/[C@H](C(C)C)N(C)C(=O)C(NC(=O)[C@H]1CCCCN1C)C(C)C. The van der Waals surface area contributed by atoms with Gasteiger partial charge in [0.1, 0.15) is 6.04 Å². The van der Waals surface area contributed by atoms with Crippen LogP contribution in [0, 0.1) is 11.8 Å². The van der Waals surface area contributed by atoms with Crippen molar-refractivity contribution in [3.05, 3.63) is 11.6 Å². The first-order chi connectivity index (χ1) is 16.5. The minimum atomic E-state index is -0.613. The van der Waals surface area contributed by atoms with E-state index in [1.807, 2.05) is 52.6 Å². The van der Waals surface area contributed by atoms with E-state index in [2.05, 4.69) is 10.2 Å². The fourth-order valence-corrected chi connectivity index (χ4v) is 5.31. The molecule has 2 fully saturated rings. The van der Waals surface area contributed by atoms with Crippen molar-refractivity contribution in [2.45, 2.75) is 90.9 Å². The summed E-state index contributed by atoms with van der Waals surface area (Å²) in [7, 11) is 5.41. The summed E-state index contributed by atoms with van der Waals surface area (Å²) in [5.74, 6) is -0.144. The van der Waals surface area contributed by atoms with E-state index in [1.54, 1.807) is 19.1 Å². The van der Waals surface area contributed by atoms with Gasteiger partial charge in [0.2, 0.25) is 17.7 Å². The first kappa shape index (κ1) is 29.3. The number of carbonyl (C=O) groups excluding carboxylic acids is 3. The molecule has 2 saturated heterocycles. The van der Waals surface area contributed by atoms with E-state index in [-0.39, 0.29) is 47.7 Å². The molecule has 0 radical (unpaired) electrons. The number of piperidine rings is 1. The van der Waals surface area contributed by atoms with Crippen molar-refractivity contribution in [1.82, 2.24) is 20.0 Å². The van der Waals surface area contributed by atoms with Crippen LogP contribution < -0.4 is 5.32 Å². The molecular formula is C27H48N4O4. The number of hydrogen-bond acceptors (Lipinski definition) is 5. The quantitative estimate of drug-likeness (QED) is 0.474. The highest BCUT2D eigenvalue weighted by Gasteiger charge is 2.35. The first-order valence-corrected chi connectivity index (χ1v) is 13.2. The summed E-state index contributed by atoms with van der Waals surface area (Å²) in [5, 5.41) is 3.05. The largest absolute Gasteiger partial charge is 0.383 e. The van der Waals surface area contributed by atoms with Crippen molar-refractivity contribution < 1.29 is 19.1 Å². The molecule has 2 unspecified atom stereocenters. The number of methoxy groups -OCH3 is 1. The van der Waals surface area contributed by atoms with Gasteiger partial charge in [-0.05, 0) is 58.0 Å². The van der Waals surface area contributed by atoms with Gasteiger partial charge < -0.3 is 19.9 Å². The van der Waals surface area contributed by atoms with Crippen LogP contribution in [0.25, 0.3) is 0 Å². The van der Waals surface area contributed by atoms with Gasteiger partial charge >= 0.3 is 0 Å². The van der Waals surface area contributed by atoms with Crippen LogP contribution in [0.1, 0.15) is 66.7 Å². The van der Waals surface area contributed by atoms with E-state index in [4.69, 9.17) is 4.74 Å². The van der Waals surface area contributed by atoms with E-state index in [0.29, 0.717) is 12.2 Å². The zero-order valence-corrected chi connectivity index (χ0v) is 23.2. The number of carbonyl (C=O) groups is 3. The Labute approximate surface area is 212 Å². The maximum atomic E-state index is 13.6. The standard InChI is InChI=1S/C27H48N4O4/c1-18(2)23(16-20(5)26(33)31-15-11-12-21(31)17-35-8)30(7)27(34)24(19(3)4)28-25(32)22-13-9-10-14-29(22)6/h16,18-19,21-24H,9-15,17H2,1-8H3,(H,28,32)/b20-16+/t21?,22-,23-,24?/m1/s1. The second-order valence-corrected chi connectivity index (χ2v) is 11.0. The van der Waals surface area contributed by atoms with Crippen molar-refractivity contribution in [1.29, 1.82) is 0 Å². The van der Waals surface area contributed by atoms with Crippen LogP contribution >= 0.6 is 0 Å². The van der Waals surface area contributed by atoms with Crippen molar-refractivity contribution in [2.75, 3.05) is 40.9 Å². The zero-order valence-electron chi connectivity index (χ0n) is 23.2. The number of nitrogens with one attached hydrogen (secondary N) is 1. The lowest BCUT2D eigenvalue weighted by molar-refractivity contribution is -0.139. The Kier molecular flexibility index (Phi) is 11.2. The average Bonchev–Trinajstić information content (AvgIpc) is 3.27. The number of nitrogens with zero attached hydrogens (tertiary/aromatic N) is 3. The van der Waals surface area contributed by atoms with Gasteiger partial charge in [0.25, 0.3) is 0 Å². The number of hydrogen-bond donors (Lipinski definition) is 1. The predicted octanol–water partition coefficient (Wildman–Crippen LogP) is 2.68. The van der Waals surface area contributed by atoms with E-state index in [9.17, 15) is 14.4 Å². The highest BCUT2D eigenvalue weighted by molar-refractivity contribution is 5.94. The topological polar surface area (TPSA) is 82.2 Å². The minimum Gasteiger partial charge on any atom is -0.383 e. The second-order valence-electron chi connectivity index (χ2n) is 11.0. The number of likely N-dealkylation sites (tertiary alicyclic amines) is 2. The summed E-state index contributed by atoms with van der Waals surface area (Å²) in [6, 6.07) is -0.959. The fraction of sp³-hybridized carbons (Fsp3) is 0.815. The van der Waals surface area contributed by atoms with Gasteiger partial charge in [-0.25, -0.2) is 0 Å². The lowest BCUT2D eigenvalue weighted by Crippen LogP contribution is -2.57. The molecule has 8 heteroatoms. The van der Waals surface area contributed by atoms with Gasteiger partial charge in [-0.15, -0.1) is 0 Å². The van der Waals surface area contributed by atoms with Gasteiger partial charge in [0.05, 0.1) is 24.7 Å². The van der Waals surface area contributed by atoms with Crippen LogP contribution in [-0.4, -0.2) is 97.5 Å². The third kappa shape index (κ3) is 7.53. The van der Waals surface area contributed by atoms with Crippen molar-refractivity contribution in [2.24, 2.45) is 11.8 Å². The summed E-state index contributed by atoms with van der Waals surface area (Å²) in [6.07, 6.45) is 6.78. The normalized spacial score (nSPS) is 23.5. The minimum absolute atomic E-state index is 0.00472. The molecule has 1 N–H and O–H groups in total. The molecule has 0 aromatic heterocycles. The monoisotopic (exact) mass is 492 g/mol. The third-order valence-corrected chi connectivity index (χ3v) is 7.54. The Bertz CT molecular complexity index is 766. The number of amides is 3. The van der Waals surface area contributed by atoms with Crippen LogP contribution in [0.15, 0.2) is 11.6 Å². The molecule has 0 saturated carbocycles. The average molecular weight is 493 g/mol. The van der Waals surface area contributed by atoms with Gasteiger partial charge in [-0.3, -0.25) is 19.3 Å². The Morgan fingerprint density at radius 2 is 1.74 bits per heavy atom. The van der Waals surface area contributed by atoms with Crippen LogP contribution in [0.2, 0.25) is 0 Å². The van der Waals surface area contributed by atoms with Gasteiger partial charge in [0, 0.05) is 26.3 Å². The van der Waals surface area contributed by atoms with Gasteiger partial charge in [0.15, 0.2) is 0 Å². The molecule has 2 rings (SSSR count). The molecule has 0 aromatic rings. The summed E-state index contributed by atoms with van der Waals surface area (Å²) in [6.45, 7) is 12.0. The Morgan fingerprint density at radius 3 is 2.31 bits per heavy atom. The molecular weight excluding hydrogens is 444 g/mol. The van der Waals surface area contributed by atoms with Gasteiger partial charge in [-0.1, -0.05) is 40.2 Å². The molecule has 4 atom stereocenters. The van der Waals surface area contributed by atoms with E-state index >= 15 is 0 Å². The summed E-state index contributed by atoms with van der Waals surface area (Å²) >= 11 is 0. The lowest BCUT2D eigenvalue weighted by Gasteiger charge is -2.36. The molecule has 200 valence electrons. The molecule has 0 aliphatic carbocycles. The third-order valence-electron chi connectivity index (χ3n) is 7.54. The lowest BCUT2D eigenvalue weighted by atomic mass is 9.96. The van der Waals surface area contributed by atoms with E-state index in [0.717, 1.165) is 45.2 Å². The second kappa shape index (κ2) is 13.4. The Balaban J connectivity index is 2.17. The van der Waals surface area contributed by atoms with Crippen LogP contribution in [0.3, 0.4) is 0 Å². The van der Waals surface area contributed by atoms with Crippen molar-refractivity contribution in [3.63, 3.8) is 0 Å².